The fraction of sp³-hybridized carbons (Fsp3) is 0.182. The third-order valence-corrected chi connectivity index (χ3v) is 5.35. The average molecular weight is 523 g/mol. The number of urea groups is 1. The summed E-state index contributed by atoms with van der Waals surface area (Å²) in [5, 5.41) is 10.5. The first kappa shape index (κ1) is 25.0. The fourth-order valence-electron chi connectivity index (χ4n) is 3.48. The van der Waals surface area contributed by atoms with Crippen molar-refractivity contribution in [3.8, 4) is 0 Å². The summed E-state index contributed by atoms with van der Waals surface area (Å²) in [4.78, 5) is 43.7. The van der Waals surface area contributed by atoms with Gasteiger partial charge in [-0.3, -0.25) is 19.4 Å². The number of nitrogens with zero attached hydrogens (tertiary/aromatic N) is 5. The van der Waals surface area contributed by atoms with Crippen LogP contribution in [0.5, 0.6) is 0 Å². The van der Waals surface area contributed by atoms with E-state index in [4.69, 9.17) is 11.6 Å². The lowest BCUT2D eigenvalue weighted by molar-refractivity contribution is -0.140. The highest BCUT2D eigenvalue weighted by Crippen LogP contribution is 2.35. The molecule has 0 unspecified atom stereocenters. The zero-order valence-corrected chi connectivity index (χ0v) is 18.8. The van der Waals surface area contributed by atoms with Crippen molar-refractivity contribution in [3.63, 3.8) is 0 Å². The Balaban J connectivity index is 1.52. The first-order valence-corrected chi connectivity index (χ1v) is 10.7. The quantitative estimate of drug-likeness (QED) is 0.509. The number of hydrogen-bond donors (Lipinski definition) is 1. The Labute approximate surface area is 205 Å². The van der Waals surface area contributed by atoms with E-state index in [1.165, 1.54) is 30.5 Å². The van der Waals surface area contributed by atoms with Crippen LogP contribution in [0.1, 0.15) is 32.8 Å². The number of amides is 4. The van der Waals surface area contributed by atoms with Gasteiger partial charge in [-0.25, -0.2) is 14.2 Å². The maximum atomic E-state index is 13.9. The first-order chi connectivity index (χ1) is 17.1. The molecule has 0 spiro atoms. The van der Waals surface area contributed by atoms with Gasteiger partial charge in [0.15, 0.2) is 11.5 Å². The number of nitrogens with one attached hydrogen (secondary N) is 1. The number of rotatable bonds is 4. The number of hydrogen-bond acceptors (Lipinski definition) is 6. The lowest BCUT2D eigenvalue weighted by atomic mass is 10.0. The third-order valence-electron chi connectivity index (χ3n) is 5.13. The molecule has 0 atom stereocenters. The van der Waals surface area contributed by atoms with Crippen molar-refractivity contribution in [1.29, 1.82) is 0 Å². The molecular formula is C22H15ClF4N6O3. The second kappa shape index (κ2) is 9.85. The zero-order chi connectivity index (χ0) is 26.0. The molecule has 0 saturated carbocycles. The average Bonchev–Trinajstić information content (AvgIpc) is 2.84. The number of pyridine rings is 1. The number of carbonyl (C=O) groups is 3. The lowest BCUT2D eigenvalue weighted by Gasteiger charge is -2.33. The summed E-state index contributed by atoms with van der Waals surface area (Å²) in [6, 6.07) is 6.96. The van der Waals surface area contributed by atoms with E-state index in [9.17, 15) is 31.9 Å². The number of benzene rings is 1. The molecule has 36 heavy (non-hydrogen) atoms. The molecule has 2 aromatic heterocycles. The smallest absolute Gasteiger partial charge is 0.305 e. The Hall–Kier alpha value is -4.13. The highest BCUT2D eigenvalue weighted by atomic mass is 35.5. The Morgan fingerprint density at radius 1 is 1.03 bits per heavy atom. The van der Waals surface area contributed by atoms with Crippen molar-refractivity contribution in [2.75, 3.05) is 23.3 Å². The zero-order valence-electron chi connectivity index (χ0n) is 18.1. The molecule has 1 N–H and O–H groups in total. The lowest BCUT2D eigenvalue weighted by Crippen LogP contribution is -2.52. The molecule has 1 aromatic carbocycles. The highest BCUT2D eigenvalue weighted by Gasteiger charge is 2.41. The standard InChI is InChI=1S/C22H15ClF4N6O3/c23-12-5-7-16(28-11-12)29-19(34)15-6-8-17(31-30-15)32-9-2-10-33(21(32)36)20(35)13-3-1-4-14(24)18(13)22(25,26)27/h1,3-8,11H,2,9-10H2,(H,28,29,34). The molecule has 0 bridgehead atoms. The molecular weight excluding hydrogens is 508 g/mol. The Kier molecular flexibility index (Phi) is 6.84. The van der Waals surface area contributed by atoms with Crippen LogP contribution in [0.25, 0.3) is 0 Å². The molecule has 0 aliphatic carbocycles. The maximum absolute atomic E-state index is 13.9. The third kappa shape index (κ3) is 5.10. The number of alkyl halides is 3. The summed E-state index contributed by atoms with van der Waals surface area (Å²) in [5.41, 5.74) is -2.83. The maximum Gasteiger partial charge on any atom is 0.420 e. The molecule has 1 aliphatic rings. The summed E-state index contributed by atoms with van der Waals surface area (Å²) in [5.74, 6) is -3.38. The van der Waals surface area contributed by atoms with Gasteiger partial charge in [-0.05, 0) is 42.8 Å². The normalized spacial score (nSPS) is 14.1. The van der Waals surface area contributed by atoms with Gasteiger partial charge in [-0.15, -0.1) is 10.2 Å². The fourth-order valence-corrected chi connectivity index (χ4v) is 3.59. The predicted molar refractivity (Wildman–Crippen MR) is 119 cm³/mol. The van der Waals surface area contributed by atoms with Gasteiger partial charge in [0.2, 0.25) is 0 Å². The molecule has 1 saturated heterocycles. The van der Waals surface area contributed by atoms with Gasteiger partial charge in [0, 0.05) is 19.3 Å². The highest BCUT2D eigenvalue weighted by molar-refractivity contribution is 6.30. The van der Waals surface area contributed by atoms with E-state index in [-0.39, 0.29) is 36.8 Å². The van der Waals surface area contributed by atoms with Gasteiger partial charge in [-0.2, -0.15) is 13.2 Å². The van der Waals surface area contributed by atoms with Crippen molar-refractivity contribution >= 4 is 41.1 Å². The number of imide groups is 1. The van der Waals surface area contributed by atoms with E-state index in [1.54, 1.807) is 0 Å². The van der Waals surface area contributed by atoms with Gasteiger partial charge in [0.25, 0.3) is 11.8 Å². The number of aromatic nitrogens is 3. The van der Waals surface area contributed by atoms with Crippen molar-refractivity contribution in [2.24, 2.45) is 0 Å². The van der Waals surface area contributed by atoms with E-state index in [0.717, 1.165) is 17.0 Å². The second-order valence-electron chi connectivity index (χ2n) is 7.50. The van der Waals surface area contributed by atoms with Gasteiger partial charge < -0.3 is 5.32 Å². The van der Waals surface area contributed by atoms with Crippen LogP contribution in [0.2, 0.25) is 5.02 Å². The van der Waals surface area contributed by atoms with Crippen LogP contribution >= 0.6 is 11.6 Å². The monoisotopic (exact) mass is 522 g/mol. The van der Waals surface area contributed by atoms with Crippen LogP contribution in [-0.4, -0.2) is 51.0 Å². The van der Waals surface area contributed by atoms with Crippen molar-refractivity contribution in [3.05, 3.63) is 76.3 Å². The SMILES string of the molecule is O=C(Nc1ccc(Cl)cn1)c1ccc(N2CCCN(C(=O)c3cccc(F)c3C(F)(F)F)C2=O)nn1. The summed E-state index contributed by atoms with van der Waals surface area (Å²) in [6.45, 7) is -0.0865. The van der Waals surface area contributed by atoms with Crippen LogP contribution in [0.4, 0.5) is 34.0 Å². The van der Waals surface area contributed by atoms with Crippen LogP contribution in [0.3, 0.4) is 0 Å². The summed E-state index contributed by atoms with van der Waals surface area (Å²) in [7, 11) is 0. The van der Waals surface area contributed by atoms with Gasteiger partial charge >= 0.3 is 12.2 Å². The number of carbonyl (C=O) groups excluding carboxylic acids is 3. The molecule has 0 radical (unpaired) electrons. The molecule has 186 valence electrons. The van der Waals surface area contributed by atoms with Gasteiger partial charge in [0.1, 0.15) is 17.2 Å². The van der Waals surface area contributed by atoms with E-state index in [2.05, 4.69) is 20.5 Å². The van der Waals surface area contributed by atoms with Crippen molar-refractivity contribution in [1.82, 2.24) is 20.1 Å². The predicted octanol–water partition coefficient (Wildman–Crippen LogP) is 4.41. The van der Waals surface area contributed by atoms with Crippen LogP contribution < -0.4 is 10.2 Å². The van der Waals surface area contributed by atoms with Crippen LogP contribution in [-0.2, 0) is 6.18 Å². The first-order valence-electron chi connectivity index (χ1n) is 10.3. The largest absolute Gasteiger partial charge is 0.420 e. The number of halogens is 5. The molecule has 4 rings (SSSR count). The molecule has 14 heteroatoms. The minimum Gasteiger partial charge on any atom is -0.305 e. The molecule has 1 fully saturated rings. The van der Waals surface area contributed by atoms with Crippen molar-refractivity contribution < 1.29 is 31.9 Å². The van der Waals surface area contributed by atoms with Crippen molar-refractivity contribution in [2.45, 2.75) is 12.6 Å². The minimum absolute atomic E-state index is 0.0334. The summed E-state index contributed by atoms with van der Waals surface area (Å²) in [6.07, 6.45) is -3.60. The van der Waals surface area contributed by atoms with Gasteiger partial charge in [0.05, 0.1) is 10.6 Å². The molecule has 1 aliphatic heterocycles. The molecule has 3 aromatic rings. The molecule has 9 nitrogen and oxygen atoms in total. The molecule has 4 amide bonds. The Morgan fingerprint density at radius 2 is 1.81 bits per heavy atom. The Bertz CT molecular complexity index is 1320. The summed E-state index contributed by atoms with van der Waals surface area (Å²) >= 11 is 5.75. The Morgan fingerprint density at radius 3 is 2.44 bits per heavy atom. The number of anilines is 2. The van der Waals surface area contributed by atoms with E-state index in [0.29, 0.717) is 16.0 Å². The van der Waals surface area contributed by atoms with E-state index in [1.807, 2.05) is 0 Å². The minimum atomic E-state index is -5.14. The molecule has 3 heterocycles. The van der Waals surface area contributed by atoms with Crippen LogP contribution in [0.15, 0.2) is 48.7 Å². The summed E-state index contributed by atoms with van der Waals surface area (Å²) < 4.78 is 54.0. The van der Waals surface area contributed by atoms with Crippen LogP contribution in [0, 0.1) is 5.82 Å². The van der Waals surface area contributed by atoms with E-state index >= 15 is 0 Å². The van der Waals surface area contributed by atoms with E-state index < -0.39 is 41.0 Å². The topological polar surface area (TPSA) is 108 Å². The second-order valence-corrected chi connectivity index (χ2v) is 7.93. The van der Waals surface area contributed by atoms with Gasteiger partial charge in [-0.1, -0.05) is 17.7 Å².